The average Bonchev–Trinajstić information content (AvgIpc) is 3.16. The molecule has 0 radical (unpaired) electrons. The molecule has 2 rings (SSSR count). The van der Waals surface area contributed by atoms with Crippen LogP contribution in [0.25, 0.3) is 0 Å². The lowest BCUT2D eigenvalue weighted by molar-refractivity contribution is -0.137. The minimum atomic E-state index is -0.769. The van der Waals surface area contributed by atoms with Gasteiger partial charge in [-0.2, -0.15) is 0 Å². The van der Waals surface area contributed by atoms with Crippen molar-refractivity contribution in [3.05, 3.63) is 0 Å². The van der Waals surface area contributed by atoms with E-state index in [4.69, 9.17) is 5.11 Å². The van der Waals surface area contributed by atoms with Crippen LogP contribution < -0.4 is 5.32 Å². The first-order valence-corrected chi connectivity index (χ1v) is 6.93. The third kappa shape index (κ3) is 4.55. The number of rotatable bonds is 8. The first-order valence-electron chi connectivity index (χ1n) is 6.93. The molecule has 0 heterocycles. The van der Waals surface area contributed by atoms with Gasteiger partial charge in [0.25, 0.3) is 0 Å². The van der Waals surface area contributed by atoms with Gasteiger partial charge in [0.05, 0.1) is 0 Å². The summed E-state index contributed by atoms with van der Waals surface area (Å²) in [7, 11) is 0. The van der Waals surface area contributed by atoms with Gasteiger partial charge in [0.2, 0.25) is 0 Å². The van der Waals surface area contributed by atoms with Gasteiger partial charge in [0, 0.05) is 25.6 Å². The van der Waals surface area contributed by atoms with Gasteiger partial charge in [0.15, 0.2) is 0 Å². The Hall–Kier alpha value is -1.26. The topological polar surface area (TPSA) is 69.6 Å². The number of nitrogens with one attached hydrogen (secondary N) is 1. The van der Waals surface area contributed by atoms with Crippen molar-refractivity contribution in [1.82, 2.24) is 10.2 Å². The number of unbranched alkanes of at least 4 members (excludes halogenated alkanes) is 1. The first kappa shape index (κ1) is 13.2. The highest BCUT2D eigenvalue weighted by molar-refractivity contribution is 5.75. The maximum atomic E-state index is 12.0. The largest absolute Gasteiger partial charge is 0.481 e. The fourth-order valence-corrected chi connectivity index (χ4v) is 2.06. The summed E-state index contributed by atoms with van der Waals surface area (Å²) in [5.41, 5.74) is 0. The van der Waals surface area contributed by atoms with Crippen molar-refractivity contribution in [2.75, 3.05) is 13.1 Å². The van der Waals surface area contributed by atoms with Gasteiger partial charge in [-0.25, -0.2) is 4.79 Å². The number of nitrogens with zero attached hydrogens (tertiary/aromatic N) is 1. The zero-order valence-electron chi connectivity index (χ0n) is 10.7. The predicted molar refractivity (Wildman–Crippen MR) is 67.3 cm³/mol. The number of aliphatic carboxylic acids is 1. The maximum Gasteiger partial charge on any atom is 0.317 e. The van der Waals surface area contributed by atoms with Crippen LogP contribution >= 0.6 is 0 Å². The molecule has 5 heteroatoms. The average molecular weight is 254 g/mol. The second-order valence-corrected chi connectivity index (χ2v) is 5.41. The van der Waals surface area contributed by atoms with E-state index in [0.717, 1.165) is 31.7 Å². The molecule has 5 nitrogen and oxygen atoms in total. The van der Waals surface area contributed by atoms with E-state index in [2.05, 4.69) is 5.32 Å². The molecular formula is C13H22N2O3. The maximum absolute atomic E-state index is 12.0. The highest BCUT2D eigenvalue weighted by Gasteiger charge is 2.36. The third-order valence-corrected chi connectivity index (χ3v) is 3.49. The van der Waals surface area contributed by atoms with Gasteiger partial charge in [0.1, 0.15) is 0 Å². The number of hydrogen-bond donors (Lipinski definition) is 2. The smallest absolute Gasteiger partial charge is 0.317 e. The Morgan fingerprint density at radius 3 is 2.44 bits per heavy atom. The molecule has 2 aliphatic rings. The highest BCUT2D eigenvalue weighted by atomic mass is 16.4. The molecule has 0 aromatic heterocycles. The van der Waals surface area contributed by atoms with Crippen molar-refractivity contribution >= 4 is 12.0 Å². The zero-order valence-corrected chi connectivity index (χ0v) is 10.7. The summed E-state index contributed by atoms with van der Waals surface area (Å²) in [6.07, 6.45) is 6.34. The fraction of sp³-hybridized carbons (Fsp3) is 0.846. The highest BCUT2D eigenvalue weighted by Crippen LogP contribution is 2.34. The standard InChI is InChI=1S/C13H22N2O3/c16-12(17)3-1-2-8-14-13(18)15(11-6-7-11)9-10-4-5-10/h10-11H,1-9H2,(H,14,18)(H,16,17). The van der Waals surface area contributed by atoms with Gasteiger partial charge in [-0.1, -0.05) is 0 Å². The second kappa shape index (κ2) is 6.07. The van der Waals surface area contributed by atoms with E-state index in [1.165, 1.54) is 12.8 Å². The van der Waals surface area contributed by atoms with Gasteiger partial charge < -0.3 is 15.3 Å². The number of carbonyl (C=O) groups excluding carboxylic acids is 1. The van der Waals surface area contributed by atoms with Crippen molar-refractivity contribution in [3.8, 4) is 0 Å². The molecule has 0 aromatic rings. The molecule has 102 valence electrons. The molecule has 0 spiro atoms. The summed E-state index contributed by atoms with van der Waals surface area (Å²) >= 11 is 0. The van der Waals surface area contributed by atoms with E-state index in [1.54, 1.807) is 0 Å². The van der Waals surface area contributed by atoms with E-state index in [9.17, 15) is 9.59 Å². The van der Waals surface area contributed by atoms with Crippen molar-refractivity contribution in [2.45, 2.75) is 51.0 Å². The number of hydrogen-bond acceptors (Lipinski definition) is 2. The number of carbonyl (C=O) groups is 2. The molecule has 0 aliphatic heterocycles. The van der Waals surface area contributed by atoms with Crippen LogP contribution in [-0.4, -0.2) is 41.1 Å². The van der Waals surface area contributed by atoms with Crippen LogP contribution in [0.2, 0.25) is 0 Å². The molecule has 0 saturated heterocycles. The summed E-state index contributed by atoms with van der Waals surface area (Å²) in [6.45, 7) is 1.49. The third-order valence-electron chi connectivity index (χ3n) is 3.49. The van der Waals surface area contributed by atoms with E-state index in [-0.39, 0.29) is 12.5 Å². The monoisotopic (exact) mass is 254 g/mol. The number of carboxylic acid groups (broad SMARTS) is 1. The number of carboxylic acids is 1. The van der Waals surface area contributed by atoms with Crippen molar-refractivity contribution in [2.24, 2.45) is 5.92 Å². The van der Waals surface area contributed by atoms with Crippen LogP contribution in [0, 0.1) is 5.92 Å². The molecular weight excluding hydrogens is 232 g/mol. The zero-order chi connectivity index (χ0) is 13.0. The molecule has 2 saturated carbocycles. The molecule has 0 bridgehead atoms. The van der Waals surface area contributed by atoms with E-state index < -0.39 is 5.97 Å². The van der Waals surface area contributed by atoms with Crippen LogP contribution in [0.4, 0.5) is 4.79 Å². The van der Waals surface area contributed by atoms with E-state index in [1.807, 2.05) is 4.90 Å². The molecule has 18 heavy (non-hydrogen) atoms. The van der Waals surface area contributed by atoms with E-state index >= 15 is 0 Å². The lowest BCUT2D eigenvalue weighted by Crippen LogP contribution is -2.42. The molecule has 2 aliphatic carbocycles. The second-order valence-electron chi connectivity index (χ2n) is 5.41. The van der Waals surface area contributed by atoms with Crippen molar-refractivity contribution < 1.29 is 14.7 Å². The first-order chi connectivity index (χ1) is 8.66. The Balaban J connectivity index is 1.60. The Morgan fingerprint density at radius 2 is 1.89 bits per heavy atom. The SMILES string of the molecule is O=C(O)CCCCNC(=O)N(CC1CC1)C1CC1. The molecule has 0 atom stereocenters. The van der Waals surface area contributed by atoms with E-state index in [0.29, 0.717) is 19.0 Å². The quantitative estimate of drug-likeness (QED) is 0.649. The lowest BCUT2D eigenvalue weighted by Gasteiger charge is -2.22. The lowest BCUT2D eigenvalue weighted by atomic mass is 10.2. The van der Waals surface area contributed by atoms with Gasteiger partial charge in [-0.15, -0.1) is 0 Å². The van der Waals surface area contributed by atoms with Crippen molar-refractivity contribution in [1.29, 1.82) is 0 Å². The summed E-state index contributed by atoms with van der Waals surface area (Å²) in [6, 6.07) is 0.504. The minimum Gasteiger partial charge on any atom is -0.481 e. The molecule has 2 amide bonds. The number of amides is 2. The summed E-state index contributed by atoms with van der Waals surface area (Å²) < 4.78 is 0. The van der Waals surface area contributed by atoms with Gasteiger partial charge in [-0.3, -0.25) is 4.79 Å². The Kier molecular flexibility index (Phi) is 4.44. The van der Waals surface area contributed by atoms with Crippen LogP contribution in [0.15, 0.2) is 0 Å². The summed E-state index contributed by atoms with van der Waals surface area (Å²) in [4.78, 5) is 24.3. The van der Waals surface area contributed by atoms with Crippen LogP contribution in [-0.2, 0) is 4.79 Å². The van der Waals surface area contributed by atoms with Crippen LogP contribution in [0.1, 0.15) is 44.9 Å². The van der Waals surface area contributed by atoms with Crippen molar-refractivity contribution in [3.63, 3.8) is 0 Å². The van der Waals surface area contributed by atoms with Gasteiger partial charge in [-0.05, 0) is 44.4 Å². The Labute approximate surface area is 108 Å². The molecule has 0 aromatic carbocycles. The fourth-order valence-electron chi connectivity index (χ4n) is 2.06. The van der Waals surface area contributed by atoms with Gasteiger partial charge >= 0.3 is 12.0 Å². The normalized spacial score (nSPS) is 18.4. The van der Waals surface area contributed by atoms with Crippen LogP contribution in [0.5, 0.6) is 0 Å². The molecule has 0 unspecified atom stereocenters. The predicted octanol–water partition coefficient (Wildman–Crippen LogP) is 1.83. The Morgan fingerprint density at radius 1 is 1.17 bits per heavy atom. The molecule has 2 fully saturated rings. The Bertz CT molecular complexity index is 311. The summed E-state index contributed by atoms with van der Waals surface area (Å²) in [5, 5.41) is 11.4. The molecule has 2 N–H and O–H groups in total. The minimum absolute atomic E-state index is 0.0414. The van der Waals surface area contributed by atoms with Crippen LogP contribution in [0.3, 0.4) is 0 Å². The summed E-state index contributed by atoms with van der Waals surface area (Å²) in [5.74, 6) is -0.0435. The number of urea groups is 1.